The number of carboxylic acid groups (broad SMARTS) is 1. The lowest BCUT2D eigenvalue weighted by molar-refractivity contribution is -0.138. The van der Waals surface area contributed by atoms with E-state index in [1.165, 1.54) is 0 Å². The molecule has 0 fully saturated rings. The van der Waals surface area contributed by atoms with Crippen molar-refractivity contribution in [3.8, 4) is 0 Å². The summed E-state index contributed by atoms with van der Waals surface area (Å²) >= 11 is 0. The molecule has 0 saturated carbocycles. The number of carboxylic acids is 1. The van der Waals surface area contributed by atoms with Gasteiger partial charge < -0.3 is 15.4 Å². The van der Waals surface area contributed by atoms with Crippen molar-refractivity contribution in [1.29, 1.82) is 0 Å². The molecule has 0 saturated heterocycles. The maximum atomic E-state index is 10.9. The molecule has 0 aromatic carbocycles. The van der Waals surface area contributed by atoms with Gasteiger partial charge in [0.05, 0.1) is 5.56 Å². The average Bonchev–Trinajstić information content (AvgIpc) is 2.36. The number of aliphatic carboxylic acids is 1. The van der Waals surface area contributed by atoms with Gasteiger partial charge in [0.25, 0.3) is 5.56 Å². The van der Waals surface area contributed by atoms with Gasteiger partial charge in [-0.2, -0.15) is 5.16 Å². The minimum absolute atomic E-state index is 0.0138. The minimum Gasteiger partial charge on any atom is -0.480 e. The fourth-order valence-corrected chi connectivity index (χ4v) is 0.869. The smallest absolute Gasteiger partial charge is 0.320 e. The van der Waals surface area contributed by atoms with E-state index in [9.17, 15) is 9.59 Å². The van der Waals surface area contributed by atoms with Gasteiger partial charge in [-0.3, -0.25) is 9.59 Å². The van der Waals surface area contributed by atoms with E-state index in [-0.39, 0.29) is 12.0 Å². The second-order valence-electron chi connectivity index (χ2n) is 2.73. The highest BCUT2D eigenvalue weighted by atomic mass is 16.5. The van der Waals surface area contributed by atoms with Gasteiger partial charge in [-0.15, -0.1) is 0 Å². The largest absolute Gasteiger partial charge is 0.480 e. The number of aromatic nitrogens is 1. The number of H-pyrrole nitrogens is 1. The monoisotopic (exact) mass is 186 g/mol. The number of hydrogen-bond donors (Lipinski definition) is 3. The molecule has 0 spiro atoms. The van der Waals surface area contributed by atoms with Crippen molar-refractivity contribution in [2.45, 2.75) is 19.4 Å². The van der Waals surface area contributed by atoms with Crippen LogP contribution in [0.5, 0.6) is 0 Å². The average molecular weight is 186 g/mol. The molecule has 1 aromatic rings. The molecule has 6 nitrogen and oxygen atoms in total. The van der Waals surface area contributed by atoms with Gasteiger partial charge in [-0.25, -0.2) is 0 Å². The van der Waals surface area contributed by atoms with Crippen molar-refractivity contribution < 1.29 is 14.4 Å². The van der Waals surface area contributed by atoms with Crippen LogP contribution in [-0.2, 0) is 11.2 Å². The summed E-state index contributed by atoms with van der Waals surface area (Å²) in [6.07, 6.45) is 0.0138. The third-order valence-corrected chi connectivity index (χ3v) is 1.75. The number of carbonyl (C=O) groups is 1. The van der Waals surface area contributed by atoms with Crippen LogP contribution in [0.4, 0.5) is 0 Å². The number of hydrogen-bond acceptors (Lipinski definition) is 4. The van der Waals surface area contributed by atoms with Crippen molar-refractivity contribution in [3.63, 3.8) is 0 Å². The van der Waals surface area contributed by atoms with Crippen LogP contribution in [0.3, 0.4) is 0 Å². The summed E-state index contributed by atoms with van der Waals surface area (Å²) in [4.78, 5) is 21.2. The summed E-state index contributed by atoms with van der Waals surface area (Å²) in [5.74, 6) is -0.830. The van der Waals surface area contributed by atoms with Gasteiger partial charge in [-0.1, -0.05) is 0 Å². The Balaban J connectivity index is 2.80. The van der Waals surface area contributed by atoms with E-state index in [1.807, 2.05) is 0 Å². The first-order valence-corrected chi connectivity index (χ1v) is 3.67. The maximum Gasteiger partial charge on any atom is 0.320 e. The van der Waals surface area contributed by atoms with Crippen molar-refractivity contribution >= 4 is 5.97 Å². The number of rotatable bonds is 3. The molecule has 6 heteroatoms. The van der Waals surface area contributed by atoms with Crippen molar-refractivity contribution in [1.82, 2.24) is 5.16 Å². The van der Waals surface area contributed by atoms with Crippen LogP contribution >= 0.6 is 0 Å². The SMILES string of the molecule is Cc1c(C[C@@H](N)C(=O)O)o[nH]c1=O. The highest BCUT2D eigenvalue weighted by Gasteiger charge is 2.17. The van der Waals surface area contributed by atoms with Crippen LogP contribution in [0, 0.1) is 6.92 Å². The van der Waals surface area contributed by atoms with Crippen LogP contribution in [0.1, 0.15) is 11.3 Å². The molecule has 0 aliphatic heterocycles. The molecule has 1 atom stereocenters. The number of aromatic amines is 1. The summed E-state index contributed by atoms with van der Waals surface area (Å²) in [6, 6.07) is -1.04. The van der Waals surface area contributed by atoms with E-state index < -0.39 is 12.0 Å². The van der Waals surface area contributed by atoms with Crippen molar-refractivity contribution in [2.24, 2.45) is 5.73 Å². The standard InChI is InChI=1S/C7H10N2O4/c1-3-5(13-9-6(3)10)2-4(8)7(11)12/h4H,2,8H2,1H3,(H,9,10)(H,11,12)/t4-/m1/s1. The van der Waals surface area contributed by atoms with Crippen LogP contribution in [0.15, 0.2) is 9.32 Å². The van der Waals surface area contributed by atoms with Crippen LogP contribution in [0.25, 0.3) is 0 Å². The number of nitrogens with two attached hydrogens (primary N) is 1. The van der Waals surface area contributed by atoms with Crippen LogP contribution in [-0.4, -0.2) is 22.3 Å². The summed E-state index contributed by atoms with van der Waals surface area (Å²) < 4.78 is 4.74. The van der Waals surface area contributed by atoms with Crippen LogP contribution < -0.4 is 11.3 Å². The quantitative estimate of drug-likeness (QED) is 0.574. The molecule has 0 amide bonds. The first kappa shape index (κ1) is 9.53. The maximum absolute atomic E-state index is 10.9. The van der Waals surface area contributed by atoms with E-state index >= 15 is 0 Å². The highest BCUT2D eigenvalue weighted by molar-refractivity contribution is 5.73. The fourth-order valence-electron chi connectivity index (χ4n) is 0.869. The first-order valence-electron chi connectivity index (χ1n) is 3.67. The van der Waals surface area contributed by atoms with E-state index in [4.69, 9.17) is 15.4 Å². The zero-order chi connectivity index (χ0) is 10.0. The van der Waals surface area contributed by atoms with Gasteiger partial charge in [0.15, 0.2) is 0 Å². The Morgan fingerprint density at radius 3 is 2.77 bits per heavy atom. The summed E-state index contributed by atoms with van der Waals surface area (Å²) in [5.41, 5.74) is 5.27. The normalized spacial score (nSPS) is 12.8. The molecule has 0 bridgehead atoms. The molecule has 0 unspecified atom stereocenters. The summed E-state index contributed by atoms with van der Waals surface area (Å²) in [7, 11) is 0. The molecular weight excluding hydrogens is 176 g/mol. The Labute approximate surface area is 73.3 Å². The van der Waals surface area contributed by atoms with Gasteiger partial charge in [-0.05, 0) is 6.92 Å². The third-order valence-electron chi connectivity index (χ3n) is 1.75. The summed E-state index contributed by atoms with van der Waals surface area (Å²) in [6.45, 7) is 1.55. The topological polar surface area (TPSA) is 109 Å². The minimum atomic E-state index is -1.12. The van der Waals surface area contributed by atoms with E-state index in [0.29, 0.717) is 11.3 Å². The van der Waals surface area contributed by atoms with E-state index in [2.05, 4.69) is 5.16 Å². The molecule has 13 heavy (non-hydrogen) atoms. The van der Waals surface area contributed by atoms with Gasteiger partial charge in [0, 0.05) is 6.42 Å². The zero-order valence-electron chi connectivity index (χ0n) is 7.03. The summed E-state index contributed by atoms with van der Waals surface area (Å²) in [5, 5.41) is 10.6. The predicted molar refractivity (Wildman–Crippen MR) is 43.4 cm³/mol. The Hall–Kier alpha value is -1.56. The lowest BCUT2D eigenvalue weighted by Gasteiger charge is -2.02. The van der Waals surface area contributed by atoms with Crippen molar-refractivity contribution in [3.05, 3.63) is 21.7 Å². The lowest BCUT2D eigenvalue weighted by atomic mass is 10.1. The molecular formula is C7H10N2O4. The van der Waals surface area contributed by atoms with Gasteiger partial charge in [0.1, 0.15) is 11.8 Å². The molecule has 72 valence electrons. The molecule has 1 rings (SSSR count). The second kappa shape index (κ2) is 3.44. The van der Waals surface area contributed by atoms with Crippen molar-refractivity contribution in [2.75, 3.05) is 0 Å². The Morgan fingerprint density at radius 1 is 1.77 bits per heavy atom. The Bertz CT molecular complexity index is 365. The molecule has 0 radical (unpaired) electrons. The molecule has 0 aliphatic rings. The van der Waals surface area contributed by atoms with Gasteiger partial charge >= 0.3 is 5.97 Å². The molecule has 4 N–H and O–H groups in total. The first-order chi connectivity index (χ1) is 6.02. The molecule has 1 aromatic heterocycles. The Morgan fingerprint density at radius 2 is 2.38 bits per heavy atom. The lowest BCUT2D eigenvalue weighted by Crippen LogP contribution is -2.32. The van der Waals surface area contributed by atoms with Crippen LogP contribution in [0.2, 0.25) is 0 Å². The van der Waals surface area contributed by atoms with Gasteiger partial charge in [0.2, 0.25) is 0 Å². The molecule has 0 aliphatic carbocycles. The molecule has 1 heterocycles. The van der Waals surface area contributed by atoms with E-state index in [0.717, 1.165) is 0 Å². The number of nitrogens with one attached hydrogen (secondary N) is 1. The highest BCUT2D eigenvalue weighted by Crippen LogP contribution is 2.03. The second-order valence-corrected chi connectivity index (χ2v) is 2.73. The third kappa shape index (κ3) is 1.97. The Kier molecular flexibility index (Phi) is 2.52. The predicted octanol–water partition coefficient (Wildman–Crippen LogP) is -0.769. The zero-order valence-corrected chi connectivity index (χ0v) is 7.03. The fraction of sp³-hybridized carbons (Fsp3) is 0.429. The van der Waals surface area contributed by atoms with E-state index in [1.54, 1.807) is 6.92 Å².